The van der Waals surface area contributed by atoms with Crippen LogP contribution in [-0.4, -0.2) is 57.9 Å². The molecule has 158 valence electrons. The molecule has 1 saturated heterocycles. The van der Waals surface area contributed by atoms with Crippen LogP contribution in [0.5, 0.6) is 5.75 Å². The molecule has 0 aliphatic carbocycles. The second-order valence-corrected chi connectivity index (χ2v) is 7.03. The summed E-state index contributed by atoms with van der Waals surface area (Å²) in [6.45, 7) is 2.38. The van der Waals surface area contributed by atoms with Gasteiger partial charge < -0.3 is 20.7 Å². The highest BCUT2D eigenvalue weighted by atomic mass is 16.5. The van der Waals surface area contributed by atoms with Crippen molar-refractivity contribution in [2.75, 3.05) is 38.2 Å². The van der Waals surface area contributed by atoms with Gasteiger partial charge in [0.2, 0.25) is 11.9 Å². The molecule has 1 aromatic carbocycles. The van der Waals surface area contributed by atoms with Gasteiger partial charge in [0.1, 0.15) is 12.3 Å². The van der Waals surface area contributed by atoms with Crippen molar-refractivity contribution in [3.8, 4) is 11.4 Å². The summed E-state index contributed by atoms with van der Waals surface area (Å²) in [5.74, 6) is 0.294. The third kappa shape index (κ3) is 3.12. The van der Waals surface area contributed by atoms with Crippen molar-refractivity contribution >= 4 is 23.0 Å². The number of carbonyl (C=O) groups is 1. The van der Waals surface area contributed by atoms with Gasteiger partial charge in [-0.15, -0.1) is 0 Å². The number of para-hydroxylation sites is 2. The number of primary amides is 1. The highest BCUT2D eigenvalue weighted by molar-refractivity contribution is 5.79. The van der Waals surface area contributed by atoms with E-state index in [1.165, 1.54) is 11.6 Å². The molecule has 1 aliphatic rings. The number of hydrogen-bond acceptors (Lipinski definition) is 7. The summed E-state index contributed by atoms with van der Waals surface area (Å²) in [5.41, 5.74) is 5.00. The van der Waals surface area contributed by atoms with Crippen LogP contribution in [0, 0.1) is 0 Å². The molecule has 3 heterocycles. The monoisotopic (exact) mass is 413 g/mol. The summed E-state index contributed by atoms with van der Waals surface area (Å²) in [4.78, 5) is 44.3. The second kappa shape index (κ2) is 7.67. The number of hydrogen-bond donors (Lipinski definition) is 2. The summed E-state index contributed by atoms with van der Waals surface area (Å²) in [5, 5.41) is 3.29. The van der Waals surface area contributed by atoms with Crippen LogP contribution < -0.4 is 31.9 Å². The average Bonchev–Trinajstić information content (AvgIpc) is 3.16. The van der Waals surface area contributed by atoms with Gasteiger partial charge in [-0.05, 0) is 12.1 Å². The number of methoxy groups -OCH3 is 1. The summed E-state index contributed by atoms with van der Waals surface area (Å²) < 4.78 is 9.31. The maximum absolute atomic E-state index is 13.3. The minimum Gasteiger partial charge on any atom is -0.495 e. The number of carbonyl (C=O) groups excluding carboxylic acids is 1. The third-order valence-corrected chi connectivity index (χ3v) is 5.16. The zero-order valence-electron chi connectivity index (χ0n) is 16.8. The first-order chi connectivity index (χ1) is 14.4. The topological polar surface area (TPSA) is 129 Å². The second-order valence-electron chi connectivity index (χ2n) is 7.03. The Bertz CT molecular complexity index is 1230. The van der Waals surface area contributed by atoms with E-state index in [1.54, 1.807) is 17.7 Å². The van der Waals surface area contributed by atoms with Crippen molar-refractivity contribution in [2.45, 2.75) is 6.54 Å². The summed E-state index contributed by atoms with van der Waals surface area (Å²) in [7, 11) is 3.06. The molecule has 0 atom stereocenters. The standard InChI is InChI=1S/C19H23N7O4/c1-23-16-15(17(28)25(19(23)29)11-14(20)27)26(12-5-3-4-6-13(12)30-2)18(22-16)24-9-7-21-8-10-24/h3-6,21H,7-11H2,1-2H3,(H2,20,27). The molecule has 0 bridgehead atoms. The lowest BCUT2D eigenvalue weighted by Gasteiger charge is -2.29. The molecule has 1 fully saturated rings. The van der Waals surface area contributed by atoms with E-state index in [4.69, 9.17) is 10.5 Å². The largest absolute Gasteiger partial charge is 0.495 e. The van der Waals surface area contributed by atoms with E-state index in [1.807, 2.05) is 23.1 Å². The SMILES string of the molecule is COc1ccccc1-n1c(N2CCNCC2)nc2c1c(=O)n(CC(N)=O)c(=O)n2C. The van der Waals surface area contributed by atoms with Crippen LogP contribution in [0.25, 0.3) is 16.9 Å². The summed E-state index contributed by atoms with van der Waals surface area (Å²) >= 11 is 0. The van der Waals surface area contributed by atoms with Gasteiger partial charge >= 0.3 is 5.69 Å². The highest BCUT2D eigenvalue weighted by Gasteiger charge is 2.26. The first kappa shape index (κ1) is 19.7. The van der Waals surface area contributed by atoms with Crippen molar-refractivity contribution in [1.29, 1.82) is 0 Å². The quantitative estimate of drug-likeness (QED) is 0.537. The Labute approximate surface area is 171 Å². The molecule has 3 N–H and O–H groups in total. The fourth-order valence-corrected chi connectivity index (χ4v) is 3.72. The minimum absolute atomic E-state index is 0.177. The number of amides is 1. The van der Waals surface area contributed by atoms with Crippen molar-refractivity contribution in [2.24, 2.45) is 12.8 Å². The van der Waals surface area contributed by atoms with Gasteiger partial charge in [0.25, 0.3) is 5.56 Å². The predicted molar refractivity (Wildman–Crippen MR) is 111 cm³/mol. The molecule has 0 saturated carbocycles. The van der Waals surface area contributed by atoms with Crippen LogP contribution in [0.3, 0.4) is 0 Å². The van der Waals surface area contributed by atoms with E-state index in [9.17, 15) is 14.4 Å². The lowest BCUT2D eigenvalue weighted by atomic mass is 10.2. The first-order valence-electron chi connectivity index (χ1n) is 9.53. The van der Waals surface area contributed by atoms with Gasteiger partial charge in [-0.3, -0.25) is 18.7 Å². The van der Waals surface area contributed by atoms with E-state index in [0.29, 0.717) is 30.5 Å². The number of rotatable bonds is 5. The summed E-state index contributed by atoms with van der Waals surface area (Å²) in [6.07, 6.45) is 0. The lowest BCUT2D eigenvalue weighted by molar-refractivity contribution is -0.118. The average molecular weight is 413 g/mol. The third-order valence-electron chi connectivity index (χ3n) is 5.16. The first-order valence-corrected chi connectivity index (χ1v) is 9.53. The maximum atomic E-state index is 13.3. The lowest BCUT2D eigenvalue weighted by Crippen LogP contribution is -2.44. The molecule has 0 spiro atoms. The van der Waals surface area contributed by atoms with E-state index in [2.05, 4.69) is 10.3 Å². The van der Waals surface area contributed by atoms with Crippen molar-refractivity contribution in [3.63, 3.8) is 0 Å². The van der Waals surface area contributed by atoms with E-state index < -0.39 is 23.7 Å². The molecule has 11 nitrogen and oxygen atoms in total. The van der Waals surface area contributed by atoms with Crippen molar-refractivity contribution in [3.05, 3.63) is 45.1 Å². The Hall–Kier alpha value is -3.60. The van der Waals surface area contributed by atoms with E-state index in [-0.39, 0.29) is 11.2 Å². The molecule has 0 unspecified atom stereocenters. The van der Waals surface area contributed by atoms with Gasteiger partial charge in [-0.1, -0.05) is 12.1 Å². The molecule has 11 heteroatoms. The van der Waals surface area contributed by atoms with Crippen LogP contribution in [-0.2, 0) is 18.4 Å². The Kier molecular flexibility index (Phi) is 5.04. The Morgan fingerprint density at radius 1 is 1.23 bits per heavy atom. The van der Waals surface area contributed by atoms with Crippen LogP contribution in [0.15, 0.2) is 33.9 Å². The normalized spacial score (nSPS) is 14.3. The minimum atomic E-state index is -0.778. The van der Waals surface area contributed by atoms with Crippen molar-refractivity contribution in [1.82, 2.24) is 24.0 Å². The number of benzene rings is 1. The van der Waals surface area contributed by atoms with Gasteiger partial charge in [0.05, 0.1) is 12.8 Å². The zero-order chi connectivity index (χ0) is 21.4. The fraction of sp³-hybridized carbons (Fsp3) is 0.368. The molecule has 4 rings (SSSR count). The number of piperazine rings is 1. The van der Waals surface area contributed by atoms with Gasteiger partial charge in [-0.25, -0.2) is 9.36 Å². The van der Waals surface area contributed by atoms with Crippen LogP contribution in [0.4, 0.5) is 5.95 Å². The number of fused-ring (bicyclic) bond motifs is 1. The van der Waals surface area contributed by atoms with E-state index in [0.717, 1.165) is 17.7 Å². The number of imidazole rings is 1. The Morgan fingerprint density at radius 3 is 2.60 bits per heavy atom. The van der Waals surface area contributed by atoms with Crippen LogP contribution >= 0.6 is 0 Å². The smallest absolute Gasteiger partial charge is 0.332 e. The predicted octanol–water partition coefficient (Wildman–Crippen LogP) is -1.21. The Morgan fingerprint density at radius 2 is 1.93 bits per heavy atom. The molecule has 30 heavy (non-hydrogen) atoms. The van der Waals surface area contributed by atoms with E-state index >= 15 is 0 Å². The molecular formula is C19H23N7O4. The van der Waals surface area contributed by atoms with Gasteiger partial charge in [0, 0.05) is 33.2 Å². The molecule has 1 amide bonds. The number of nitrogens with zero attached hydrogens (tertiary/aromatic N) is 5. The number of nitrogens with one attached hydrogen (secondary N) is 1. The number of nitrogens with two attached hydrogens (primary N) is 1. The fourth-order valence-electron chi connectivity index (χ4n) is 3.72. The van der Waals surface area contributed by atoms with Crippen LogP contribution in [0.1, 0.15) is 0 Å². The van der Waals surface area contributed by atoms with Crippen molar-refractivity contribution < 1.29 is 9.53 Å². The molecule has 0 radical (unpaired) electrons. The van der Waals surface area contributed by atoms with Crippen LogP contribution in [0.2, 0.25) is 0 Å². The molecule has 2 aromatic heterocycles. The highest BCUT2D eigenvalue weighted by Crippen LogP contribution is 2.30. The number of aryl methyl sites for hydroxylation is 1. The number of ether oxygens (including phenoxy) is 1. The Balaban J connectivity index is 2.12. The number of aromatic nitrogens is 4. The zero-order valence-corrected chi connectivity index (χ0v) is 16.8. The molecular weight excluding hydrogens is 390 g/mol. The molecule has 3 aromatic rings. The van der Waals surface area contributed by atoms with Gasteiger partial charge in [-0.2, -0.15) is 4.98 Å². The molecule has 1 aliphatic heterocycles. The van der Waals surface area contributed by atoms with Gasteiger partial charge in [0.15, 0.2) is 11.2 Å². The maximum Gasteiger partial charge on any atom is 0.332 e. The number of anilines is 1. The summed E-state index contributed by atoms with van der Waals surface area (Å²) in [6, 6.07) is 7.25.